The Morgan fingerprint density at radius 2 is 1.17 bits per heavy atom. The quantitative estimate of drug-likeness (QED) is 0.105. The molecule has 59 heavy (non-hydrogen) atoms. The Morgan fingerprint density at radius 3 is 1.59 bits per heavy atom. The van der Waals surface area contributed by atoms with Gasteiger partial charge in [0.2, 0.25) is 0 Å². The Labute approximate surface area is 333 Å². The molecule has 21 heteroatoms. The number of aromatic carboxylic acids is 1. The van der Waals surface area contributed by atoms with Gasteiger partial charge in [0.15, 0.2) is 21.1 Å². The molecule has 0 unspecified atom stereocenters. The van der Waals surface area contributed by atoms with E-state index in [1.165, 1.54) is 77.8 Å². The number of carbonyl (C=O) groups is 2. The van der Waals surface area contributed by atoms with Crippen LogP contribution in [0.3, 0.4) is 0 Å². The first kappa shape index (κ1) is 41.4. The molecule has 2 aromatic carbocycles. The Hall–Kier alpha value is -7.26. The van der Waals surface area contributed by atoms with Crippen LogP contribution in [0.2, 0.25) is 0 Å². The van der Waals surface area contributed by atoms with E-state index in [1.807, 2.05) is 5.38 Å². The van der Waals surface area contributed by atoms with Crippen LogP contribution in [-0.4, -0.2) is 46.9 Å². The third-order valence-corrected chi connectivity index (χ3v) is 9.37. The number of carboxylic acids is 1. The Kier molecular flexibility index (Phi) is 12.0. The largest absolute Gasteiger partial charge is 0.478 e. The SMILES string of the molecule is Nc1nccs1.O=C(Nc1nccs1)c1cncc2c(=O)cc(-c3cccc(C(F)(F)F)c3)[nH]c12.O=C(O)c1cncc2c(=O)cc(-c3cccc(C(F)(F)F)c3)[nH]c12. The zero-order valence-corrected chi connectivity index (χ0v) is 31.1. The lowest BCUT2D eigenvalue weighted by Crippen LogP contribution is -2.15. The number of aromatic amines is 2. The molecule has 0 aliphatic rings. The first-order valence-corrected chi connectivity index (χ1v) is 18.2. The number of anilines is 2. The summed E-state index contributed by atoms with van der Waals surface area (Å²) in [4.78, 5) is 69.5. The van der Waals surface area contributed by atoms with Crippen molar-refractivity contribution in [3.05, 3.63) is 151 Å². The number of carboxylic acid groups (broad SMARTS) is 1. The maximum Gasteiger partial charge on any atom is 0.416 e. The number of benzene rings is 2. The fourth-order valence-electron chi connectivity index (χ4n) is 5.38. The van der Waals surface area contributed by atoms with Crippen LogP contribution in [0, 0.1) is 0 Å². The predicted octanol–water partition coefficient (Wildman–Crippen LogP) is 8.35. The summed E-state index contributed by atoms with van der Waals surface area (Å²) in [6, 6.07) is 11.3. The van der Waals surface area contributed by atoms with Gasteiger partial charge in [-0.15, -0.1) is 22.7 Å². The standard InChI is InChI=1S/C19H11F3N4O2S.C16H9F3N2O3.C3H4N2S/c20-19(21,22)11-3-1-2-10(6-11)14-7-15(27)12-8-23-9-13(16(12)25-14)17(28)26-18-24-4-5-29-18;17-16(18,19)9-3-1-2-8(4-9)12-5-13(22)10-6-20-7-11(15(23)24)14(10)21-12;4-3-5-1-2-6-3/h1-9H,(H,25,27)(H,24,26,28);1-7H,(H,21,22)(H,23,24);1-2H,(H2,4,5). The number of hydrogen-bond donors (Lipinski definition) is 5. The Bertz CT molecular complexity index is 2920. The number of nitrogens with two attached hydrogens (primary N) is 1. The molecule has 0 fully saturated rings. The number of nitrogens with one attached hydrogen (secondary N) is 3. The second kappa shape index (κ2) is 17.1. The van der Waals surface area contributed by atoms with Gasteiger partial charge in [-0.2, -0.15) is 26.3 Å². The van der Waals surface area contributed by atoms with Crippen LogP contribution >= 0.6 is 22.7 Å². The molecule has 0 radical (unpaired) electrons. The topological polar surface area (TPSA) is 210 Å². The first-order valence-electron chi connectivity index (χ1n) is 16.5. The molecule has 8 rings (SSSR count). The molecule has 300 valence electrons. The summed E-state index contributed by atoms with van der Waals surface area (Å²) in [5.74, 6) is -1.85. The summed E-state index contributed by atoms with van der Waals surface area (Å²) in [5.41, 5.74) is 3.03. The van der Waals surface area contributed by atoms with Crippen molar-refractivity contribution in [3.63, 3.8) is 0 Å². The second-order valence-electron chi connectivity index (χ2n) is 11.9. The normalized spacial score (nSPS) is 11.3. The van der Waals surface area contributed by atoms with Crippen LogP contribution < -0.4 is 21.9 Å². The van der Waals surface area contributed by atoms with Crippen molar-refractivity contribution in [2.75, 3.05) is 11.1 Å². The molecule has 6 heterocycles. The van der Waals surface area contributed by atoms with Gasteiger partial charge in [0.05, 0.1) is 38.5 Å². The number of H-pyrrole nitrogens is 2. The molecule has 0 aliphatic carbocycles. The van der Waals surface area contributed by atoms with Crippen LogP contribution in [0.4, 0.5) is 36.6 Å². The summed E-state index contributed by atoms with van der Waals surface area (Å²) in [6.07, 6.45) is -0.997. The molecule has 6 aromatic heterocycles. The molecule has 1 amide bonds. The average Bonchev–Trinajstić information content (AvgIpc) is 3.91. The third kappa shape index (κ3) is 9.83. The number of thiazole rings is 2. The third-order valence-electron chi connectivity index (χ3n) is 8.07. The van der Waals surface area contributed by atoms with Crippen LogP contribution in [0.25, 0.3) is 44.3 Å². The number of fused-ring (bicyclic) bond motifs is 2. The highest BCUT2D eigenvalue weighted by Gasteiger charge is 2.31. The lowest BCUT2D eigenvalue weighted by Gasteiger charge is -2.11. The highest BCUT2D eigenvalue weighted by Crippen LogP contribution is 2.33. The van der Waals surface area contributed by atoms with E-state index in [9.17, 15) is 50.6 Å². The van der Waals surface area contributed by atoms with Crippen molar-refractivity contribution >= 4 is 66.6 Å². The maximum absolute atomic E-state index is 13.0. The van der Waals surface area contributed by atoms with Gasteiger partial charge in [-0.1, -0.05) is 24.3 Å². The highest BCUT2D eigenvalue weighted by molar-refractivity contribution is 7.13. The van der Waals surface area contributed by atoms with E-state index in [4.69, 9.17) is 5.73 Å². The Balaban J connectivity index is 0.000000176. The van der Waals surface area contributed by atoms with Gasteiger partial charge in [-0.3, -0.25) is 29.7 Å². The van der Waals surface area contributed by atoms with Gasteiger partial charge in [-0.05, 0) is 35.4 Å². The lowest BCUT2D eigenvalue weighted by molar-refractivity contribution is -0.138. The van der Waals surface area contributed by atoms with Crippen LogP contribution in [0.15, 0.2) is 118 Å². The number of pyridine rings is 4. The maximum atomic E-state index is 13.0. The van der Waals surface area contributed by atoms with Crippen LogP contribution in [0.5, 0.6) is 0 Å². The van der Waals surface area contributed by atoms with Crippen molar-refractivity contribution in [1.29, 1.82) is 0 Å². The summed E-state index contributed by atoms with van der Waals surface area (Å²) in [7, 11) is 0. The van der Waals surface area contributed by atoms with Crippen molar-refractivity contribution in [3.8, 4) is 22.5 Å². The summed E-state index contributed by atoms with van der Waals surface area (Å²) >= 11 is 2.66. The minimum Gasteiger partial charge on any atom is -0.478 e. The molecule has 0 atom stereocenters. The minimum absolute atomic E-state index is 0.0115. The minimum atomic E-state index is -4.52. The smallest absolute Gasteiger partial charge is 0.416 e. The highest BCUT2D eigenvalue weighted by atomic mass is 32.1. The van der Waals surface area contributed by atoms with E-state index in [0.717, 1.165) is 36.5 Å². The van der Waals surface area contributed by atoms with Gasteiger partial charge in [0.1, 0.15) is 5.56 Å². The molecule has 0 aliphatic heterocycles. The molecule has 0 bridgehead atoms. The molecular formula is C38H24F6N8O5S2. The number of aromatic nitrogens is 6. The van der Waals surface area contributed by atoms with E-state index in [-0.39, 0.29) is 55.4 Å². The van der Waals surface area contributed by atoms with Crippen molar-refractivity contribution in [2.24, 2.45) is 0 Å². The monoisotopic (exact) mass is 850 g/mol. The average molecular weight is 851 g/mol. The fraction of sp³-hybridized carbons (Fsp3) is 0.0526. The number of nitrogens with zero attached hydrogens (tertiary/aromatic N) is 4. The van der Waals surface area contributed by atoms with Gasteiger partial charge in [0.25, 0.3) is 5.91 Å². The molecule has 0 spiro atoms. The number of hydrogen-bond acceptors (Lipinski definition) is 11. The number of nitrogen functional groups attached to an aromatic ring is 1. The molecule has 0 saturated carbocycles. The van der Waals surface area contributed by atoms with Crippen molar-refractivity contribution < 1.29 is 41.0 Å². The van der Waals surface area contributed by atoms with Crippen LogP contribution in [-0.2, 0) is 12.4 Å². The van der Waals surface area contributed by atoms with Crippen LogP contribution in [0.1, 0.15) is 31.8 Å². The van der Waals surface area contributed by atoms with E-state index in [0.29, 0.717) is 10.3 Å². The van der Waals surface area contributed by atoms with E-state index < -0.39 is 46.2 Å². The van der Waals surface area contributed by atoms with Gasteiger partial charge >= 0.3 is 18.3 Å². The van der Waals surface area contributed by atoms with Crippen molar-refractivity contribution in [2.45, 2.75) is 12.4 Å². The molecule has 8 aromatic rings. The Morgan fingerprint density at radius 1 is 0.678 bits per heavy atom. The summed E-state index contributed by atoms with van der Waals surface area (Å²) < 4.78 is 77.6. The lowest BCUT2D eigenvalue weighted by atomic mass is 10.1. The van der Waals surface area contributed by atoms with E-state index >= 15 is 0 Å². The first-order chi connectivity index (χ1) is 28.0. The second-order valence-corrected chi connectivity index (χ2v) is 13.8. The molecular weight excluding hydrogens is 827 g/mol. The summed E-state index contributed by atoms with van der Waals surface area (Å²) in [5, 5.41) is 16.5. The number of alkyl halides is 6. The predicted molar refractivity (Wildman–Crippen MR) is 209 cm³/mol. The van der Waals surface area contributed by atoms with E-state index in [2.05, 4.69) is 35.2 Å². The van der Waals surface area contributed by atoms with Crippen molar-refractivity contribution in [1.82, 2.24) is 29.9 Å². The molecule has 0 saturated heterocycles. The molecule has 13 nitrogen and oxygen atoms in total. The number of halogens is 6. The fourth-order valence-corrected chi connectivity index (χ4v) is 6.29. The number of carbonyl (C=O) groups excluding carboxylic acids is 1. The van der Waals surface area contributed by atoms with Gasteiger partial charge in [0, 0.05) is 71.5 Å². The number of amides is 1. The zero-order valence-electron chi connectivity index (χ0n) is 29.4. The number of rotatable bonds is 5. The van der Waals surface area contributed by atoms with Gasteiger partial charge < -0.3 is 20.8 Å². The zero-order chi connectivity index (χ0) is 42.5. The summed E-state index contributed by atoms with van der Waals surface area (Å²) in [6.45, 7) is 0. The van der Waals surface area contributed by atoms with E-state index in [1.54, 1.807) is 11.6 Å². The van der Waals surface area contributed by atoms with Gasteiger partial charge in [-0.25, -0.2) is 14.8 Å². The molecule has 6 N–H and O–H groups in total.